The van der Waals surface area contributed by atoms with E-state index in [1.165, 1.54) is 4.90 Å². The summed E-state index contributed by atoms with van der Waals surface area (Å²) in [7, 11) is 0. The zero-order valence-corrected chi connectivity index (χ0v) is 23.1. The van der Waals surface area contributed by atoms with E-state index >= 15 is 0 Å². The number of hydrogen-bond acceptors (Lipinski definition) is 7. The Morgan fingerprint density at radius 3 is 2.33 bits per heavy atom. The van der Waals surface area contributed by atoms with Crippen LogP contribution in [0.3, 0.4) is 0 Å². The average Bonchev–Trinajstić information content (AvgIpc) is 3.00. The van der Waals surface area contributed by atoms with Crippen molar-refractivity contribution in [2.24, 2.45) is 0 Å². The van der Waals surface area contributed by atoms with Gasteiger partial charge in [0.05, 0.1) is 18.8 Å². The molecule has 4 rings (SSSR count). The van der Waals surface area contributed by atoms with Gasteiger partial charge in [-0.3, -0.25) is 14.8 Å². The molecule has 40 heavy (non-hydrogen) atoms. The summed E-state index contributed by atoms with van der Waals surface area (Å²) in [5.74, 6) is 0.248. The van der Waals surface area contributed by atoms with Gasteiger partial charge in [-0.1, -0.05) is 61.0 Å². The third-order valence-electron chi connectivity index (χ3n) is 6.67. The summed E-state index contributed by atoms with van der Waals surface area (Å²) in [6.45, 7) is -0.00668. The van der Waals surface area contributed by atoms with Gasteiger partial charge in [-0.05, 0) is 48.2 Å². The molecule has 0 unspecified atom stereocenters. The van der Waals surface area contributed by atoms with Gasteiger partial charge in [0, 0.05) is 41.2 Å². The number of rotatable bonds is 13. The second-order valence-corrected chi connectivity index (χ2v) is 10.8. The highest BCUT2D eigenvalue weighted by Crippen LogP contribution is 2.39. The number of benzene rings is 3. The van der Waals surface area contributed by atoms with Gasteiger partial charge in [0.15, 0.2) is 6.29 Å². The van der Waals surface area contributed by atoms with Crippen molar-refractivity contribution in [3.8, 4) is 0 Å². The maximum atomic E-state index is 12.5. The Labute approximate surface area is 239 Å². The van der Waals surface area contributed by atoms with Crippen molar-refractivity contribution >= 4 is 29.3 Å². The first-order valence-electron chi connectivity index (χ1n) is 13.5. The molecule has 9 heteroatoms. The van der Waals surface area contributed by atoms with E-state index in [4.69, 9.17) is 14.7 Å². The van der Waals surface area contributed by atoms with Crippen LogP contribution in [0.15, 0.2) is 83.8 Å². The molecule has 1 aliphatic rings. The molecule has 1 saturated heterocycles. The number of nitrogens with one attached hydrogen (secondary N) is 2. The number of aliphatic hydroxyl groups excluding tert-OH is 1. The van der Waals surface area contributed by atoms with Crippen molar-refractivity contribution in [3.05, 3.63) is 95.6 Å². The highest BCUT2D eigenvalue weighted by atomic mass is 32.2. The minimum Gasteiger partial charge on any atom is -0.392 e. The molecule has 1 fully saturated rings. The molecule has 1 aliphatic heterocycles. The SMILES string of the molecule is O=C(CCCCCC(=O)Nc1cccc([C@H]2O[C@@H](CSc3ccccc3)C[C@@H](c3ccc(CO)cc3)O2)c1)NO. The lowest BCUT2D eigenvalue weighted by atomic mass is 10.0. The Balaban J connectivity index is 1.40. The zero-order chi connectivity index (χ0) is 28.2. The van der Waals surface area contributed by atoms with Gasteiger partial charge in [0.25, 0.3) is 0 Å². The molecule has 3 atom stereocenters. The second-order valence-electron chi connectivity index (χ2n) is 9.74. The fourth-order valence-electron chi connectivity index (χ4n) is 4.52. The highest BCUT2D eigenvalue weighted by molar-refractivity contribution is 7.99. The van der Waals surface area contributed by atoms with Gasteiger partial charge >= 0.3 is 0 Å². The minimum atomic E-state index is -0.604. The summed E-state index contributed by atoms with van der Waals surface area (Å²) in [4.78, 5) is 24.8. The smallest absolute Gasteiger partial charge is 0.243 e. The molecule has 0 aliphatic carbocycles. The number of amides is 2. The number of aliphatic hydroxyl groups is 1. The summed E-state index contributed by atoms with van der Waals surface area (Å²) < 4.78 is 12.9. The number of thioether (sulfide) groups is 1. The van der Waals surface area contributed by atoms with Crippen LogP contribution < -0.4 is 10.8 Å². The van der Waals surface area contributed by atoms with Gasteiger partial charge in [-0.15, -0.1) is 11.8 Å². The molecule has 3 aromatic rings. The molecular formula is C31H36N2O6S. The quantitative estimate of drug-likeness (QED) is 0.0882. The Morgan fingerprint density at radius 2 is 1.60 bits per heavy atom. The molecule has 2 amide bonds. The molecule has 4 N–H and O–H groups in total. The summed E-state index contributed by atoms with van der Waals surface area (Å²) in [6.07, 6.45) is 2.41. The second kappa shape index (κ2) is 15.5. The summed E-state index contributed by atoms with van der Waals surface area (Å²) in [5, 5.41) is 20.9. The molecule has 0 radical (unpaired) electrons. The van der Waals surface area contributed by atoms with Crippen LogP contribution in [0, 0.1) is 0 Å². The van der Waals surface area contributed by atoms with E-state index in [0.29, 0.717) is 37.8 Å². The topological polar surface area (TPSA) is 117 Å². The number of unbranched alkanes of at least 4 members (excludes halogenated alkanes) is 2. The van der Waals surface area contributed by atoms with Gasteiger partial charge in [-0.2, -0.15) is 0 Å². The summed E-state index contributed by atoms with van der Waals surface area (Å²) in [6, 6.07) is 25.6. The van der Waals surface area contributed by atoms with Crippen LogP contribution in [0.5, 0.6) is 0 Å². The number of hydrogen-bond donors (Lipinski definition) is 4. The third-order valence-corrected chi connectivity index (χ3v) is 7.81. The molecule has 0 spiro atoms. The van der Waals surface area contributed by atoms with Gasteiger partial charge in [-0.25, -0.2) is 5.48 Å². The summed E-state index contributed by atoms with van der Waals surface area (Å²) >= 11 is 1.75. The lowest BCUT2D eigenvalue weighted by Crippen LogP contribution is -2.31. The van der Waals surface area contributed by atoms with E-state index in [9.17, 15) is 14.7 Å². The van der Waals surface area contributed by atoms with Crippen LogP contribution >= 0.6 is 11.8 Å². The van der Waals surface area contributed by atoms with Crippen LogP contribution in [0.25, 0.3) is 0 Å². The van der Waals surface area contributed by atoms with Crippen molar-refractivity contribution in [1.29, 1.82) is 0 Å². The van der Waals surface area contributed by atoms with E-state index in [1.54, 1.807) is 17.2 Å². The predicted molar refractivity (Wildman–Crippen MR) is 154 cm³/mol. The minimum absolute atomic E-state index is 0.00668. The molecule has 1 heterocycles. The lowest BCUT2D eigenvalue weighted by molar-refractivity contribution is -0.245. The first-order chi connectivity index (χ1) is 19.5. The Bertz CT molecular complexity index is 1220. The summed E-state index contributed by atoms with van der Waals surface area (Å²) in [5.41, 5.74) is 4.98. The fraction of sp³-hybridized carbons (Fsp3) is 0.355. The van der Waals surface area contributed by atoms with Gasteiger partial charge < -0.3 is 19.9 Å². The van der Waals surface area contributed by atoms with Gasteiger partial charge in [0.2, 0.25) is 11.8 Å². The van der Waals surface area contributed by atoms with Gasteiger partial charge in [0.1, 0.15) is 0 Å². The van der Waals surface area contributed by atoms with Crippen LogP contribution in [0.2, 0.25) is 0 Å². The standard InChI is InChI=1S/C31H36N2O6S/c34-20-22-14-16-23(17-15-22)28-19-26(21-40-27-10-3-1-4-11-27)38-31(39-28)24-8-7-9-25(18-24)32-29(35)12-5-2-6-13-30(36)33-37/h1,3-4,7-11,14-18,26,28,31,34,37H,2,5-6,12-13,19-21H2,(H,32,35)(H,33,36)/t26-,28+,31+/m1/s1. The van der Waals surface area contributed by atoms with Crippen molar-refractivity contribution in [3.63, 3.8) is 0 Å². The fourth-order valence-corrected chi connectivity index (χ4v) is 5.46. The van der Waals surface area contributed by atoms with E-state index in [2.05, 4.69) is 17.4 Å². The van der Waals surface area contributed by atoms with Crippen molar-refractivity contribution in [1.82, 2.24) is 5.48 Å². The van der Waals surface area contributed by atoms with E-state index < -0.39 is 12.2 Å². The molecule has 3 aromatic carbocycles. The molecular weight excluding hydrogens is 528 g/mol. The van der Waals surface area contributed by atoms with Crippen molar-refractivity contribution in [2.45, 2.75) is 68.5 Å². The third kappa shape index (κ3) is 9.18. The van der Waals surface area contributed by atoms with Crippen molar-refractivity contribution in [2.75, 3.05) is 11.1 Å². The maximum absolute atomic E-state index is 12.5. The van der Waals surface area contributed by atoms with Crippen molar-refractivity contribution < 1.29 is 29.4 Å². The lowest BCUT2D eigenvalue weighted by Gasteiger charge is -2.36. The average molecular weight is 565 g/mol. The van der Waals surface area contributed by atoms with Crippen LogP contribution in [-0.2, 0) is 25.7 Å². The monoisotopic (exact) mass is 564 g/mol. The Morgan fingerprint density at radius 1 is 0.850 bits per heavy atom. The first kappa shape index (κ1) is 29.8. The van der Waals surface area contributed by atoms with Crippen LogP contribution in [0.4, 0.5) is 5.69 Å². The largest absolute Gasteiger partial charge is 0.392 e. The first-order valence-corrected chi connectivity index (χ1v) is 14.5. The van der Waals surface area contributed by atoms with E-state index in [1.807, 2.05) is 66.7 Å². The predicted octanol–water partition coefficient (Wildman–Crippen LogP) is 5.91. The zero-order valence-electron chi connectivity index (χ0n) is 22.3. The van der Waals surface area contributed by atoms with Crippen LogP contribution in [0.1, 0.15) is 67.6 Å². The molecule has 8 nitrogen and oxygen atoms in total. The molecule has 0 aromatic heterocycles. The highest BCUT2D eigenvalue weighted by Gasteiger charge is 2.32. The number of ether oxygens (including phenoxy) is 2. The van der Waals surface area contributed by atoms with Crippen LogP contribution in [-0.4, -0.2) is 34.0 Å². The maximum Gasteiger partial charge on any atom is 0.243 e. The number of anilines is 1. The number of carbonyl (C=O) groups is 2. The molecule has 212 valence electrons. The molecule has 0 bridgehead atoms. The number of carbonyl (C=O) groups excluding carboxylic acids is 2. The molecule has 0 saturated carbocycles. The van der Waals surface area contributed by atoms with E-state index in [-0.39, 0.29) is 31.1 Å². The number of hydroxylamine groups is 1. The Hall–Kier alpha value is -3.21. The normalized spacial score (nSPS) is 18.7. The van der Waals surface area contributed by atoms with E-state index in [0.717, 1.165) is 22.4 Å². The Kier molecular flexibility index (Phi) is 11.6.